The average molecular weight is 269 g/mol. The molecule has 1 aliphatic rings. The summed E-state index contributed by atoms with van der Waals surface area (Å²) in [4.78, 5) is 0.747. The van der Waals surface area contributed by atoms with Gasteiger partial charge in [0.15, 0.2) is 0 Å². The van der Waals surface area contributed by atoms with E-state index in [1.165, 1.54) is 0 Å². The largest absolute Gasteiger partial charge is 0.511 e. The highest BCUT2D eigenvalue weighted by molar-refractivity contribution is 7.86. The molecule has 0 amide bonds. The molecule has 0 saturated carbocycles. The van der Waals surface area contributed by atoms with Crippen molar-refractivity contribution in [2.24, 2.45) is 0 Å². The van der Waals surface area contributed by atoms with Gasteiger partial charge in [-0.15, -0.1) is 0 Å². The third kappa shape index (κ3) is 2.45. The van der Waals surface area contributed by atoms with E-state index in [-0.39, 0.29) is 5.76 Å². The maximum atomic E-state index is 12.3. The zero-order valence-electron chi connectivity index (χ0n) is 9.44. The summed E-state index contributed by atoms with van der Waals surface area (Å²) in [6.45, 7) is 5.54. The number of rotatable bonds is 2. The van der Waals surface area contributed by atoms with E-state index in [9.17, 15) is 9.32 Å². The van der Waals surface area contributed by atoms with Crippen molar-refractivity contribution in [1.82, 2.24) is 0 Å². The number of hydrogen-bond donors (Lipinski definition) is 1. The molecule has 1 heterocycles. The Labute approximate surface area is 108 Å². The van der Waals surface area contributed by atoms with Gasteiger partial charge in [0.2, 0.25) is 0 Å². The Hall–Kier alpha value is -1.06. The summed E-state index contributed by atoms with van der Waals surface area (Å²) >= 11 is 5.73. The fourth-order valence-electron chi connectivity index (χ4n) is 1.86. The van der Waals surface area contributed by atoms with Crippen LogP contribution in [0.25, 0.3) is 6.08 Å². The van der Waals surface area contributed by atoms with E-state index < -0.39 is 16.0 Å². The minimum atomic E-state index is -1.28. The van der Waals surface area contributed by atoms with Gasteiger partial charge in [-0.1, -0.05) is 35.9 Å². The molecular formula is C13H13ClO2S. The molecule has 1 aromatic carbocycles. The van der Waals surface area contributed by atoms with Gasteiger partial charge in [0.05, 0.1) is 10.8 Å². The van der Waals surface area contributed by atoms with Gasteiger partial charge in [-0.05, 0) is 24.6 Å². The first kappa shape index (κ1) is 12.4. The molecule has 1 N–H and O–H groups in total. The van der Waals surface area contributed by atoms with Crippen LogP contribution in [0.4, 0.5) is 0 Å². The van der Waals surface area contributed by atoms with Crippen LogP contribution in [0.3, 0.4) is 0 Å². The van der Waals surface area contributed by atoms with Crippen molar-refractivity contribution in [2.75, 3.05) is 0 Å². The minimum Gasteiger partial charge on any atom is -0.511 e. The molecule has 0 spiro atoms. The van der Waals surface area contributed by atoms with E-state index in [1.54, 1.807) is 6.08 Å². The Morgan fingerprint density at radius 2 is 2.29 bits per heavy atom. The Balaban J connectivity index is 2.46. The Kier molecular flexibility index (Phi) is 3.40. The third-order valence-electron chi connectivity index (χ3n) is 2.68. The van der Waals surface area contributed by atoms with Crippen molar-refractivity contribution in [3.05, 3.63) is 46.7 Å². The second-order valence-corrected chi connectivity index (χ2v) is 6.26. The highest BCUT2D eigenvalue weighted by atomic mass is 35.5. The minimum absolute atomic E-state index is 0.114. The van der Waals surface area contributed by atoms with Crippen LogP contribution in [0.5, 0.6) is 0 Å². The summed E-state index contributed by atoms with van der Waals surface area (Å²) in [6.07, 6.45) is 1.98. The van der Waals surface area contributed by atoms with Crippen LogP contribution in [-0.4, -0.2) is 14.6 Å². The standard InChI is InChI=1S/C13H13ClO2S/c1-8-3-4-12-10(5-8)7-11(15)13(17(12)16)6-9(2)14/h3-5,7,13,15H,2,6H2,1H3. The molecule has 2 unspecified atom stereocenters. The van der Waals surface area contributed by atoms with E-state index in [0.717, 1.165) is 16.0 Å². The Morgan fingerprint density at radius 1 is 1.59 bits per heavy atom. The van der Waals surface area contributed by atoms with Crippen LogP contribution in [-0.2, 0) is 10.8 Å². The molecule has 2 rings (SSSR count). The number of fused-ring (bicyclic) bond motifs is 1. The first-order valence-corrected chi connectivity index (χ1v) is 6.83. The molecular weight excluding hydrogens is 256 g/mol. The maximum Gasteiger partial charge on any atom is 0.109 e. The predicted octanol–water partition coefficient (Wildman–Crippen LogP) is 3.53. The maximum absolute atomic E-state index is 12.3. The van der Waals surface area contributed by atoms with Crippen LogP contribution in [0.1, 0.15) is 17.5 Å². The van der Waals surface area contributed by atoms with Crippen molar-refractivity contribution in [3.63, 3.8) is 0 Å². The number of aliphatic hydroxyl groups is 1. The quantitative estimate of drug-likeness (QED) is 0.891. The number of allylic oxidation sites excluding steroid dienone is 1. The van der Waals surface area contributed by atoms with E-state index in [0.29, 0.717) is 11.5 Å². The lowest BCUT2D eigenvalue weighted by Crippen LogP contribution is -2.22. The lowest BCUT2D eigenvalue weighted by molar-refractivity contribution is 0.395. The van der Waals surface area contributed by atoms with Crippen LogP contribution in [0.2, 0.25) is 0 Å². The lowest BCUT2D eigenvalue weighted by Gasteiger charge is -2.21. The second-order valence-electron chi connectivity index (χ2n) is 4.12. The SMILES string of the molecule is C=C(Cl)CC1C(O)=Cc2cc(C)ccc2S1=O. The fourth-order valence-corrected chi connectivity index (χ4v) is 3.61. The highest BCUT2D eigenvalue weighted by Crippen LogP contribution is 2.32. The molecule has 1 aromatic rings. The molecule has 2 atom stereocenters. The van der Waals surface area contributed by atoms with Gasteiger partial charge in [-0.25, -0.2) is 0 Å². The van der Waals surface area contributed by atoms with Crippen LogP contribution < -0.4 is 0 Å². The van der Waals surface area contributed by atoms with Gasteiger partial charge in [0, 0.05) is 16.3 Å². The summed E-state index contributed by atoms with van der Waals surface area (Å²) in [7, 11) is -1.28. The first-order chi connectivity index (χ1) is 7.99. The smallest absolute Gasteiger partial charge is 0.109 e. The number of benzene rings is 1. The second kappa shape index (κ2) is 4.67. The lowest BCUT2D eigenvalue weighted by atomic mass is 10.1. The van der Waals surface area contributed by atoms with Crippen molar-refractivity contribution >= 4 is 28.5 Å². The molecule has 0 saturated heterocycles. The topological polar surface area (TPSA) is 37.3 Å². The van der Waals surface area contributed by atoms with E-state index >= 15 is 0 Å². The van der Waals surface area contributed by atoms with Gasteiger partial charge in [0.1, 0.15) is 11.0 Å². The molecule has 2 nitrogen and oxygen atoms in total. The molecule has 0 aliphatic carbocycles. The van der Waals surface area contributed by atoms with Gasteiger partial charge < -0.3 is 5.11 Å². The van der Waals surface area contributed by atoms with Gasteiger partial charge >= 0.3 is 0 Å². The summed E-state index contributed by atoms with van der Waals surface area (Å²) in [5.41, 5.74) is 1.89. The van der Waals surface area contributed by atoms with Gasteiger partial charge in [0.25, 0.3) is 0 Å². The number of aryl methyl sites for hydroxylation is 1. The average Bonchev–Trinajstić information content (AvgIpc) is 2.23. The van der Waals surface area contributed by atoms with Crippen molar-refractivity contribution in [2.45, 2.75) is 23.5 Å². The summed E-state index contributed by atoms with van der Waals surface area (Å²) < 4.78 is 12.3. The molecule has 0 aromatic heterocycles. The van der Waals surface area contributed by atoms with Crippen LogP contribution >= 0.6 is 11.6 Å². The van der Waals surface area contributed by atoms with Crippen molar-refractivity contribution in [3.8, 4) is 0 Å². The van der Waals surface area contributed by atoms with Crippen molar-refractivity contribution < 1.29 is 9.32 Å². The molecule has 0 bridgehead atoms. The Bertz CT molecular complexity index is 534. The number of hydrogen-bond acceptors (Lipinski definition) is 2. The molecule has 17 heavy (non-hydrogen) atoms. The van der Waals surface area contributed by atoms with Crippen molar-refractivity contribution in [1.29, 1.82) is 0 Å². The third-order valence-corrected chi connectivity index (χ3v) is 4.57. The normalized spacial score (nSPS) is 22.8. The molecule has 0 radical (unpaired) electrons. The molecule has 90 valence electrons. The zero-order valence-corrected chi connectivity index (χ0v) is 11.0. The Morgan fingerprint density at radius 3 is 2.94 bits per heavy atom. The predicted molar refractivity (Wildman–Crippen MR) is 71.6 cm³/mol. The van der Waals surface area contributed by atoms with Crippen LogP contribution in [0, 0.1) is 6.92 Å². The summed E-state index contributed by atoms with van der Waals surface area (Å²) in [6, 6.07) is 5.67. The van der Waals surface area contributed by atoms with Gasteiger partial charge in [-0.3, -0.25) is 4.21 Å². The fraction of sp³-hybridized carbons (Fsp3) is 0.231. The highest BCUT2D eigenvalue weighted by Gasteiger charge is 2.28. The number of halogens is 1. The summed E-state index contributed by atoms with van der Waals surface area (Å²) in [5, 5.41) is 9.82. The first-order valence-electron chi connectivity index (χ1n) is 5.24. The van der Waals surface area contributed by atoms with E-state index in [4.69, 9.17) is 11.6 Å². The molecule has 0 fully saturated rings. The zero-order chi connectivity index (χ0) is 12.6. The molecule has 4 heteroatoms. The van der Waals surface area contributed by atoms with E-state index in [1.807, 2.05) is 25.1 Å². The van der Waals surface area contributed by atoms with Gasteiger partial charge in [-0.2, -0.15) is 0 Å². The monoisotopic (exact) mass is 268 g/mol. The van der Waals surface area contributed by atoms with E-state index in [2.05, 4.69) is 6.58 Å². The number of aliphatic hydroxyl groups excluding tert-OH is 1. The molecule has 1 aliphatic heterocycles. The van der Waals surface area contributed by atoms with Crippen LogP contribution in [0.15, 0.2) is 40.5 Å². The summed E-state index contributed by atoms with van der Waals surface area (Å²) in [5.74, 6) is 0.114.